The van der Waals surface area contributed by atoms with E-state index in [-0.39, 0.29) is 6.61 Å². The van der Waals surface area contributed by atoms with E-state index in [9.17, 15) is 0 Å². The number of piperazine rings is 1. The molecule has 94 valence electrons. The highest BCUT2D eigenvalue weighted by Gasteiger charge is 2.19. The number of aliphatic imine (C=N–C) groups is 1. The molecule has 17 heavy (non-hydrogen) atoms. The zero-order chi connectivity index (χ0) is 12.1. The zero-order valence-corrected chi connectivity index (χ0v) is 10.4. The predicted molar refractivity (Wildman–Crippen MR) is 69.5 cm³/mol. The number of anilines is 1. The van der Waals surface area contributed by atoms with E-state index >= 15 is 0 Å². The van der Waals surface area contributed by atoms with Crippen LogP contribution in [-0.4, -0.2) is 60.3 Å². The lowest BCUT2D eigenvalue weighted by Gasteiger charge is -2.35. The second-order valence-corrected chi connectivity index (χ2v) is 4.63. The number of aromatic nitrogens is 1. The van der Waals surface area contributed by atoms with Crippen LogP contribution in [0.3, 0.4) is 0 Å². The van der Waals surface area contributed by atoms with Gasteiger partial charge in [-0.2, -0.15) is 0 Å². The Bertz CT molecular complexity index is 359. The summed E-state index contributed by atoms with van der Waals surface area (Å²) in [6, 6.07) is 0. The molecule has 3 N–H and O–H groups in total. The van der Waals surface area contributed by atoms with Crippen molar-refractivity contribution in [1.29, 1.82) is 0 Å². The Kier molecular flexibility index (Phi) is 4.16. The van der Waals surface area contributed by atoms with Crippen LogP contribution < -0.4 is 10.6 Å². The highest BCUT2D eigenvalue weighted by molar-refractivity contribution is 7.13. The average molecular weight is 255 g/mol. The summed E-state index contributed by atoms with van der Waals surface area (Å²) < 4.78 is 0. The second kappa shape index (κ2) is 5.83. The number of aliphatic hydroxyl groups excluding tert-OH is 1. The molecule has 0 radical (unpaired) electrons. The summed E-state index contributed by atoms with van der Waals surface area (Å²) >= 11 is 1.65. The van der Waals surface area contributed by atoms with Crippen LogP contribution in [-0.2, 0) is 0 Å². The van der Waals surface area contributed by atoms with Crippen LogP contribution in [0.1, 0.15) is 0 Å². The minimum atomic E-state index is 0.0414. The summed E-state index contributed by atoms with van der Waals surface area (Å²) in [5.41, 5.74) is 5.83. The van der Waals surface area contributed by atoms with E-state index in [0.717, 1.165) is 31.3 Å². The molecule has 0 spiro atoms. The molecule has 1 aromatic rings. The van der Waals surface area contributed by atoms with Crippen molar-refractivity contribution < 1.29 is 5.11 Å². The maximum absolute atomic E-state index is 8.68. The monoisotopic (exact) mass is 255 g/mol. The molecule has 1 aliphatic heterocycles. The van der Waals surface area contributed by atoms with Gasteiger partial charge >= 0.3 is 0 Å². The van der Waals surface area contributed by atoms with Crippen molar-refractivity contribution in [3.05, 3.63) is 11.6 Å². The van der Waals surface area contributed by atoms with E-state index in [1.807, 2.05) is 16.5 Å². The molecule has 0 saturated carbocycles. The molecule has 0 atom stereocenters. The summed E-state index contributed by atoms with van der Waals surface area (Å²) in [7, 11) is 0. The third-order valence-corrected chi connectivity index (χ3v) is 3.50. The fourth-order valence-corrected chi connectivity index (χ4v) is 2.46. The smallest absolute Gasteiger partial charge is 0.191 e. The van der Waals surface area contributed by atoms with Crippen LogP contribution in [0.25, 0.3) is 0 Å². The molecule has 1 fully saturated rings. The highest BCUT2D eigenvalue weighted by atomic mass is 32.1. The van der Waals surface area contributed by atoms with Gasteiger partial charge in [0.15, 0.2) is 11.1 Å². The summed E-state index contributed by atoms with van der Waals surface area (Å²) in [6.45, 7) is 3.92. The molecule has 6 nitrogen and oxygen atoms in total. The molecule has 1 aliphatic rings. The van der Waals surface area contributed by atoms with E-state index in [1.54, 1.807) is 11.3 Å². The predicted octanol–water partition coefficient (Wildman–Crippen LogP) is -0.428. The lowest BCUT2D eigenvalue weighted by molar-refractivity contribution is 0.305. The Morgan fingerprint density at radius 2 is 2.24 bits per heavy atom. The Labute approximate surface area is 104 Å². The van der Waals surface area contributed by atoms with E-state index in [0.29, 0.717) is 12.5 Å². The van der Waals surface area contributed by atoms with Gasteiger partial charge in [0.05, 0.1) is 13.2 Å². The molecule has 0 aromatic carbocycles. The van der Waals surface area contributed by atoms with Crippen LogP contribution in [0.5, 0.6) is 0 Å². The number of aliphatic hydroxyl groups is 1. The Hall–Kier alpha value is -1.34. The maximum Gasteiger partial charge on any atom is 0.191 e. The largest absolute Gasteiger partial charge is 0.394 e. The van der Waals surface area contributed by atoms with Gasteiger partial charge in [0.25, 0.3) is 0 Å². The van der Waals surface area contributed by atoms with E-state index in [1.165, 1.54) is 0 Å². The maximum atomic E-state index is 8.68. The number of hydrogen-bond donors (Lipinski definition) is 2. The molecule has 2 heterocycles. The molecule has 0 bridgehead atoms. The fraction of sp³-hybridized carbons (Fsp3) is 0.600. The first-order valence-electron chi connectivity index (χ1n) is 5.61. The van der Waals surface area contributed by atoms with Crippen LogP contribution in [0, 0.1) is 0 Å². The number of guanidine groups is 1. The van der Waals surface area contributed by atoms with Crippen LogP contribution >= 0.6 is 11.3 Å². The first kappa shape index (κ1) is 12.1. The van der Waals surface area contributed by atoms with E-state index < -0.39 is 0 Å². The first-order valence-corrected chi connectivity index (χ1v) is 6.49. The van der Waals surface area contributed by atoms with Crippen molar-refractivity contribution in [3.8, 4) is 0 Å². The van der Waals surface area contributed by atoms with Gasteiger partial charge in [0, 0.05) is 37.8 Å². The second-order valence-electron chi connectivity index (χ2n) is 3.75. The van der Waals surface area contributed by atoms with E-state index in [2.05, 4.69) is 14.9 Å². The van der Waals surface area contributed by atoms with Crippen LogP contribution in [0.2, 0.25) is 0 Å². The Morgan fingerprint density at radius 3 is 2.82 bits per heavy atom. The SMILES string of the molecule is NC(=NCCO)N1CCN(c2nccs2)CC1. The number of nitrogens with zero attached hydrogens (tertiary/aromatic N) is 4. The molecule has 1 saturated heterocycles. The summed E-state index contributed by atoms with van der Waals surface area (Å²) in [6.07, 6.45) is 1.82. The zero-order valence-electron chi connectivity index (χ0n) is 9.62. The molecule has 2 rings (SSSR count). The Balaban J connectivity index is 1.86. The molecule has 0 unspecified atom stereocenters. The van der Waals surface area contributed by atoms with Gasteiger partial charge < -0.3 is 20.6 Å². The van der Waals surface area contributed by atoms with Crippen molar-refractivity contribution in [3.63, 3.8) is 0 Å². The van der Waals surface area contributed by atoms with Gasteiger partial charge in [-0.25, -0.2) is 4.98 Å². The standard InChI is InChI=1S/C10H17N5OS/c11-9(12-1-7-16)14-3-5-15(6-4-14)10-13-2-8-17-10/h2,8,16H,1,3-7H2,(H2,11,12). The topological polar surface area (TPSA) is 78.0 Å². The van der Waals surface area contributed by atoms with Crippen molar-refractivity contribution in [2.75, 3.05) is 44.2 Å². The van der Waals surface area contributed by atoms with E-state index in [4.69, 9.17) is 10.8 Å². The number of nitrogens with two attached hydrogens (primary N) is 1. The first-order chi connectivity index (χ1) is 8.31. The molecule has 7 heteroatoms. The van der Waals surface area contributed by atoms with Gasteiger partial charge in [0.2, 0.25) is 0 Å². The van der Waals surface area contributed by atoms with Gasteiger partial charge in [0.1, 0.15) is 0 Å². The van der Waals surface area contributed by atoms with Crippen LogP contribution in [0.15, 0.2) is 16.6 Å². The van der Waals surface area contributed by atoms with Crippen molar-refractivity contribution in [1.82, 2.24) is 9.88 Å². The fourth-order valence-electron chi connectivity index (χ4n) is 1.76. The summed E-state index contributed by atoms with van der Waals surface area (Å²) in [4.78, 5) is 12.7. The van der Waals surface area contributed by atoms with Gasteiger partial charge in [-0.1, -0.05) is 0 Å². The van der Waals surface area contributed by atoms with Crippen LogP contribution in [0.4, 0.5) is 5.13 Å². The van der Waals surface area contributed by atoms with Gasteiger partial charge in [-0.3, -0.25) is 4.99 Å². The average Bonchev–Trinajstić information content (AvgIpc) is 2.90. The van der Waals surface area contributed by atoms with Crippen molar-refractivity contribution in [2.24, 2.45) is 10.7 Å². The minimum Gasteiger partial charge on any atom is -0.394 e. The lowest BCUT2D eigenvalue weighted by Crippen LogP contribution is -2.51. The third kappa shape index (κ3) is 3.07. The quantitative estimate of drug-likeness (QED) is 0.566. The molecular weight excluding hydrogens is 238 g/mol. The van der Waals surface area contributed by atoms with Gasteiger partial charge in [-0.15, -0.1) is 11.3 Å². The highest BCUT2D eigenvalue weighted by Crippen LogP contribution is 2.18. The number of rotatable bonds is 3. The lowest BCUT2D eigenvalue weighted by atomic mass is 10.3. The Morgan fingerprint density at radius 1 is 1.47 bits per heavy atom. The number of hydrogen-bond acceptors (Lipinski definition) is 5. The summed E-state index contributed by atoms with van der Waals surface area (Å²) in [5.74, 6) is 0.526. The molecule has 1 aromatic heterocycles. The molecule has 0 aliphatic carbocycles. The minimum absolute atomic E-state index is 0.0414. The summed E-state index contributed by atoms with van der Waals surface area (Å²) in [5, 5.41) is 11.7. The van der Waals surface area contributed by atoms with Crippen molar-refractivity contribution in [2.45, 2.75) is 0 Å². The molecular formula is C10H17N5OS. The van der Waals surface area contributed by atoms with Gasteiger partial charge in [-0.05, 0) is 0 Å². The molecule has 0 amide bonds. The number of thiazole rings is 1. The normalized spacial score (nSPS) is 17.6. The van der Waals surface area contributed by atoms with Crippen molar-refractivity contribution >= 4 is 22.4 Å². The third-order valence-electron chi connectivity index (χ3n) is 2.67.